The van der Waals surface area contributed by atoms with Crippen LogP contribution in [0.4, 0.5) is 0 Å². The van der Waals surface area contributed by atoms with Crippen LogP contribution < -0.4 is 0 Å². The van der Waals surface area contributed by atoms with Gasteiger partial charge >= 0.3 is 0 Å². The molecule has 2 aromatic carbocycles. The van der Waals surface area contributed by atoms with Crippen LogP contribution in [0.25, 0.3) is 0 Å². The van der Waals surface area contributed by atoms with E-state index in [1.165, 1.54) is 0 Å². The number of phenolic OH excluding ortho intramolecular Hbond substituents is 1. The van der Waals surface area contributed by atoms with E-state index in [0.29, 0.717) is 18.0 Å². The summed E-state index contributed by atoms with van der Waals surface area (Å²) >= 11 is 5.78. The summed E-state index contributed by atoms with van der Waals surface area (Å²) in [5.74, 6) is 0.519. The summed E-state index contributed by atoms with van der Waals surface area (Å²) in [6, 6.07) is 14.2. The lowest BCUT2D eigenvalue weighted by molar-refractivity contribution is 0.0785. The number of carbonyl (C=O) groups excluding carboxylic acids is 1. The maximum atomic E-state index is 12.3. The number of hydrogen-bond acceptors (Lipinski definition) is 2. The van der Waals surface area contributed by atoms with Crippen molar-refractivity contribution in [3.8, 4) is 5.75 Å². The van der Waals surface area contributed by atoms with Gasteiger partial charge in [0.2, 0.25) is 0 Å². The molecule has 4 heteroatoms. The summed E-state index contributed by atoms with van der Waals surface area (Å²) < 4.78 is 0. The minimum atomic E-state index is -0.0692. The molecule has 104 valence electrons. The van der Waals surface area contributed by atoms with Gasteiger partial charge in [0.1, 0.15) is 5.75 Å². The Kier molecular flexibility index (Phi) is 4.64. The van der Waals surface area contributed by atoms with Crippen molar-refractivity contribution in [3.63, 3.8) is 0 Å². The van der Waals surface area contributed by atoms with Crippen molar-refractivity contribution in [2.75, 3.05) is 7.05 Å². The lowest BCUT2D eigenvalue weighted by Gasteiger charge is -2.17. The van der Waals surface area contributed by atoms with Gasteiger partial charge in [-0.05, 0) is 35.4 Å². The Morgan fingerprint density at radius 3 is 2.55 bits per heavy atom. The van der Waals surface area contributed by atoms with Gasteiger partial charge < -0.3 is 10.0 Å². The molecule has 3 nitrogen and oxygen atoms in total. The van der Waals surface area contributed by atoms with Crippen molar-refractivity contribution < 1.29 is 9.90 Å². The summed E-state index contributed by atoms with van der Waals surface area (Å²) in [4.78, 5) is 13.9. The van der Waals surface area contributed by atoms with E-state index in [1.807, 2.05) is 18.2 Å². The number of carbonyl (C=O) groups is 1. The van der Waals surface area contributed by atoms with Crippen LogP contribution in [0.5, 0.6) is 5.75 Å². The minimum Gasteiger partial charge on any atom is -0.508 e. The normalized spacial score (nSPS) is 10.3. The SMILES string of the molecule is CN(Cc1cccc(O)c1)C(=O)c1cccc(CCl)c1. The topological polar surface area (TPSA) is 40.5 Å². The summed E-state index contributed by atoms with van der Waals surface area (Å²) in [7, 11) is 1.74. The van der Waals surface area contributed by atoms with Crippen molar-refractivity contribution in [1.29, 1.82) is 0 Å². The fourth-order valence-electron chi connectivity index (χ4n) is 2.01. The number of phenols is 1. The monoisotopic (exact) mass is 289 g/mol. The summed E-state index contributed by atoms with van der Waals surface area (Å²) in [6.07, 6.45) is 0. The largest absolute Gasteiger partial charge is 0.508 e. The van der Waals surface area contributed by atoms with Gasteiger partial charge in [-0.2, -0.15) is 0 Å². The van der Waals surface area contributed by atoms with E-state index in [9.17, 15) is 9.90 Å². The van der Waals surface area contributed by atoms with Gasteiger partial charge in [-0.3, -0.25) is 4.79 Å². The molecule has 0 bridgehead atoms. The van der Waals surface area contributed by atoms with Crippen molar-refractivity contribution >= 4 is 17.5 Å². The molecule has 0 atom stereocenters. The van der Waals surface area contributed by atoms with E-state index in [2.05, 4.69) is 0 Å². The Labute approximate surface area is 123 Å². The van der Waals surface area contributed by atoms with Gasteiger partial charge in [0.25, 0.3) is 5.91 Å². The van der Waals surface area contributed by atoms with Crippen LogP contribution in [0.1, 0.15) is 21.5 Å². The number of nitrogens with zero attached hydrogens (tertiary/aromatic N) is 1. The van der Waals surface area contributed by atoms with Crippen LogP contribution in [0.15, 0.2) is 48.5 Å². The Bertz CT molecular complexity index is 613. The molecule has 0 saturated heterocycles. The first-order valence-corrected chi connectivity index (χ1v) is 6.82. The third-order valence-corrected chi connectivity index (χ3v) is 3.31. The molecule has 1 N–H and O–H groups in total. The number of rotatable bonds is 4. The molecule has 0 saturated carbocycles. The third-order valence-electron chi connectivity index (χ3n) is 3.01. The van der Waals surface area contributed by atoms with Gasteiger partial charge in [0.15, 0.2) is 0 Å². The van der Waals surface area contributed by atoms with E-state index >= 15 is 0 Å². The molecule has 2 rings (SSSR count). The highest BCUT2D eigenvalue weighted by atomic mass is 35.5. The molecule has 0 heterocycles. The van der Waals surface area contributed by atoms with Crippen LogP contribution in [0.3, 0.4) is 0 Å². The molecular formula is C16H16ClNO2. The van der Waals surface area contributed by atoms with Crippen molar-refractivity contribution in [2.24, 2.45) is 0 Å². The van der Waals surface area contributed by atoms with E-state index in [0.717, 1.165) is 11.1 Å². The van der Waals surface area contributed by atoms with Crippen LogP contribution in [0, 0.1) is 0 Å². The minimum absolute atomic E-state index is 0.0692. The summed E-state index contributed by atoms with van der Waals surface area (Å²) in [5.41, 5.74) is 2.42. The second-order valence-electron chi connectivity index (χ2n) is 4.67. The van der Waals surface area contributed by atoms with Crippen molar-refractivity contribution in [1.82, 2.24) is 4.90 Å². The number of amides is 1. The Morgan fingerprint density at radius 2 is 1.85 bits per heavy atom. The molecule has 0 aliphatic heterocycles. The lowest BCUT2D eigenvalue weighted by atomic mass is 10.1. The molecule has 0 aromatic heterocycles. The molecule has 0 fully saturated rings. The Morgan fingerprint density at radius 1 is 1.15 bits per heavy atom. The average Bonchev–Trinajstić information content (AvgIpc) is 2.46. The maximum absolute atomic E-state index is 12.3. The predicted molar refractivity (Wildman–Crippen MR) is 79.9 cm³/mol. The average molecular weight is 290 g/mol. The van der Waals surface area contributed by atoms with Crippen LogP contribution in [-0.2, 0) is 12.4 Å². The highest BCUT2D eigenvalue weighted by molar-refractivity contribution is 6.17. The fourth-order valence-corrected chi connectivity index (χ4v) is 2.17. The Hall–Kier alpha value is -2.00. The number of alkyl halides is 1. The number of aromatic hydroxyl groups is 1. The predicted octanol–water partition coefficient (Wildman–Crippen LogP) is 3.40. The van der Waals surface area contributed by atoms with Crippen molar-refractivity contribution in [2.45, 2.75) is 12.4 Å². The standard InChI is InChI=1S/C16H16ClNO2/c1-18(11-13-5-3-7-15(19)9-13)16(20)14-6-2-4-12(8-14)10-17/h2-9,19H,10-11H2,1H3. The van der Waals surface area contributed by atoms with Gasteiger partial charge in [-0.15, -0.1) is 11.6 Å². The molecular weight excluding hydrogens is 274 g/mol. The molecule has 0 radical (unpaired) electrons. The molecule has 2 aromatic rings. The van der Waals surface area contributed by atoms with Crippen molar-refractivity contribution in [3.05, 3.63) is 65.2 Å². The van der Waals surface area contributed by atoms with Gasteiger partial charge in [-0.1, -0.05) is 24.3 Å². The first-order chi connectivity index (χ1) is 9.60. The first kappa shape index (κ1) is 14.4. The third kappa shape index (κ3) is 3.52. The fraction of sp³-hybridized carbons (Fsp3) is 0.188. The maximum Gasteiger partial charge on any atom is 0.253 e. The molecule has 20 heavy (non-hydrogen) atoms. The van der Waals surface area contributed by atoms with Crippen LogP contribution in [0.2, 0.25) is 0 Å². The number of benzene rings is 2. The number of halogens is 1. The molecule has 0 aliphatic rings. The molecule has 0 unspecified atom stereocenters. The molecule has 0 spiro atoms. The molecule has 0 aliphatic carbocycles. The zero-order valence-electron chi connectivity index (χ0n) is 11.2. The summed E-state index contributed by atoms with van der Waals surface area (Å²) in [5, 5.41) is 9.43. The van der Waals surface area contributed by atoms with E-state index in [4.69, 9.17) is 11.6 Å². The summed E-state index contributed by atoms with van der Waals surface area (Å²) in [6.45, 7) is 0.443. The molecule has 1 amide bonds. The van der Waals surface area contributed by atoms with E-state index in [1.54, 1.807) is 42.3 Å². The van der Waals surface area contributed by atoms with E-state index in [-0.39, 0.29) is 11.7 Å². The second-order valence-corrected chi connectivity index (χ2v) is 4.93. The Balaban J connectivity index is 2.12. The lowest BCUT2D eigenvalue weighted by Crippen LogP contribution is -2.26. The van der Waals surface area contributed by atoms with Crippen LogP contribution >= 0.6 is 11.6 Å². The van der Waals surface area contributed by atoms with Gasteiger partial charge in [-0.25, -0.2) is 0 Å². The smallest absolute Gasteiger partial charge is 0.253 e. The van der Waals surface area contributed by atoms with E-state index < -0.39 is 0 Å². The first-order valence-electron chi connectivity index (χ1n) is 6.28. The zero-order chi connectivity index (χ0) is 14.5. The second kappa shape index (κ2) is 6.44. The van der Waals surface area contributed by atoms with Gasteiger partial charge in [0.05, 0.1) is 0 Å². The highest BCUT2D eigenvalue weighted by Crippen LogP contribution is 2.15. The quantitative estimate of drug-likeness (QED) is 0.876. The highest BCUT2D eigenvalue weighted by Gasteiger charge is 2.12. The van der Waals surface area contributed by atoms with Gasteiger partial charge in [0, 0.05) is 25.0 Å². The van der Waals surface area contributed by atoms with Crippen LogP contribution in [-0.4, -0.2) is 23.0 Å². The number of hydrogen-bond donors (Lipinski definition) is 1. The zero-order valence-corrected chi connectivity index (χ0v) is 12.0.